The summed E-state index contributed by atoms with van der Waals surface area (Å²) in [5.74, 6) is 0.520. The Bertz CT molecular complexity index is 995. The van der Waals surface area contributed by atoms with Crippen molar-refractivity contribution in [3.63, 3.8) is 0 Å². The summed E-state index contributed by atoms with van der Waals surface area (Å²) < 4.78 is 35.6. The highest BCUT2D eigenvalue weighted by Gasteiger charge is 2.21. The number of nitriles is 1. The van der Waals surface area contributed by atoms with E-state index in [2.05, 4.69) is 0 Å². The molecule has 0 aliphatic carbocycles. The number of nitrogens with zero attached hydrogens (tertiary/aromatic N) is 1. The summed E-state index contributed by atoms with van der Waals surface area (Å²) in [4.78, 5) is -0.396. The molecule has 0 unspecified atom stereocenters. The second-order valence-corrected chi connectivity index (χ2v) is 8.02. The molecule has 0 aliphatic rings. The minimum absolute atomic E-state index is 0.223. The molecule has 136 valence electrons. The Morgan fingerprint density at radius 2 is 1.88 bits per heavy atom. The fourth-order valence-electron chi connectivity index (χ4n) is 2.19. The second-order valence-electron chi connectivity index (χ2n) is 5.22. The van der Waals surface area contributed by atoms with Crippen LogP contribution in [0.15, 0.2) is 41.3 Å². The summed E-state index contributed by atoms with van der Waals surface area (Å²) in [6, 6.07) is 11.1. The minimum atomic E-state index is -3.91. The molecule has 8 heteroatoms. The lowest BCUT2D eigenvalue weighted by atomic mass is 10.2. The zero-order chi connectivity index (χ0) is 19.3. The van der Waals surface area contributed by atoms with E-state index >= 15 is 0 Å². The Morgan fingerprint density at radius 3 is 2.46 bits per heavy atom. The Hall–Kier alpha value is -2.20. The van der Waals surface area contributed by atoms with Gasteiger partial charge in [-0.3, -0.25) is 0 Å². The number of benzene rings is 2. The maximum atomic E-state index is 12.6. The molecule has 0 saturated heterocycles. The van der Waals surface area contributed by atoms with Gasteiger partial charge in [0, 0.05) is 21.7 Å². The van der Waals surface area contributed by atoms with Crippen molar-refractivity contribution in [1.29, 1.82) is 5.26 Å². The molecule has 0 spiro atoms. The van der Waals surface area contributed by atoms with Crippen LogP contribution >= 0.6 is 23.2 Å². The van der Waals surface area contributed by atoms with Gasteiger partial charge >= 0.3 is 0 Å². The van der Waals surface area contributed by atoms with E-state index in [1.165, 1.54) is 32.4 Å². The molecule has 5 nitrogen and oxygen atoms in total. The topological polar surface area (TPSA) is 76.4 Å². The number of hydrogen-bond donors (Lipinski definition) is 0. The molecular formula is C18H15Cl2NO4S. The van der Waals surface area contributed by atoms with Gasteiger partial charge in [0.15, 0.2) is 9.84 Å². The van der Waals surface area contributed by atoms with Gasteiger partial charge in [-0.25, -0.2) is 8.42 Å². The number of halogens is 2. The summed E-state index contributed by atoms with van der Waals surface area (Å²) in [6.07, 6.45) is 1.26. The number of hydrogen-bond acceptors (Lipinski definition) is 5. The van der Waals surface area contributed by atoms with Gasteiger partial charge in [0.05, 0.1) is 20.0 Å². The van der Waals surface area contributed by atoms with Gasteiger partial charge in [0.25, 0.3) is 0 Å². The van der Waals surface area contributed by atoms with E-state index in [0.29, 0.717) is 27.6 Å². The van der Waals surface area contributed by atoms with E-state index in [-0.39, 0.29) is 5.02 Å². The standard InChI is InChI=1S/C18H15Cl2NO4S/c1-24-15-6-4-12(18(9-15)25-2)7-16(10-21)26(22,23)11-13-3-5-14(19)8-17(13)20/h3-9H,11H2,1-2H3/b16-7-. The third kappa shape index (κ3) is 4.70. The number of ether oxygens (including phenoxy) is 2. The van der Waals surface area contributed by atoms with Crippen LogP contribution in [0.25, 0.3) is 6.08 Å². The van der Waals surface area contributed by atoms with Crippen molar-refractivity contribution in [1.82, 2.24) is 0 Å². The molecule has 0 aliphatic heterocycles. The second kappa shape index (κ2) is 8.45. The molecule has 0 amide bonds. The molecular weight excluding hydrogens is 397 g/mol. The normalized spacial score (nSPS) is 11.7. The van der Waals surface area contributed by atoms with Gasteiger partial charge in [0.1, 0.15) is 22.5 Å². The predicted octanol–water partition coefficient (Wildman–Crippen LogP) is 4.49. The predicted molar refractivity (Wildman–Crippen MR) is 102 cm³/mol. The van der Waals surface area contributed by atoms with Crippen molar-refractivity contribution in [2.75, 3.05) is 14.2 Å². The van der Waals surface area contributed by atoms with Gasteiger partial charge in [-0.1, -0.05) is 29.3 Å². The van der Waals surface area contributed by atoms with Gasteiger partial charge in [-0.2, -0.15) is 5.26 Å². The smallest absolute Gasteiger partial charge is 0.192 e. The van der Waals surface area contributed by atoms with Crippen LogP contribution in [0.4, 0.5) is 0 Å². The number of sulfone groups is 1. The lowest BCUT2D eigenvalue weighted by Crippen LogP contribution is -2.07. The number of allylic oxidation sites excluding steroid dienone is 1. The molecule has 2 rings (SSSR count). The molecule has 0 radical (unpaired) electrons. The van der Waals surface area contributed by atoms with Crippen LogP contribution in [0.2, 0.25) is 10.0 Å². The molecule has 0 atom stereocenters. The maximum Gasteiger partial charge on any atom is 0.192 e. The Morgan fingerprint density at radius 1 is 1.15 bits per heavy atom. The van der Waals surface area contributed by atoms with E-state index in [0.717, 1.165) is 0 Å². The Labute approximate surface area is 162 Å². The summed E-state index contributed by atoms with van der Waals surface area (Å²) in [5, 5.41) is 9.98. The average molecular weight is 412 g/mol. The molecule has 0 fully saturated rings. The highest BCUT2D eigenvalue weighted by atomic mass is 35.5. The monoisotopic (exact) mass is 411 g/mol. The first-order valence-electron chi connectivity index (χ1n) is 7.31. The summed E-state index contributed by atoms with van der Waals surface area (Å²) in [7, 11) is -0.964. The summed E-state index contributed by atoms with van der Waals surface area (Å²) in [5.41, 5.74) is 0.801. The third-order valence-corrected chi connectivity index (χ3v) is 5.69. The molecule has 0 bridgehead atoms. The van der Waals surface area contributed by atoms with Crippen LogP contribution in [-0.2, 0) is 15.6 Å². The molecule has 0 heterocycles. The van der Waals surface area contributed by atoms with Crippen LogP contribution in [0.3, 0.4) is 0 Å². The summed E-state index contributed by atoms with van der Waals surface area (Å²) in [6.45, 7) is 0. The molecule has 0 aromatic heterocycles. The largest absolute Gasteiger partial charge is 0.497 e. The maximum absolute atomic E-state index is 12.6. The van der Waals surface area contributed by atoms with E-state index in [9.17, 15) is 13.7 Å². The highest BCUT2D eigenvalue weighted by molar-refractivity contribution is 7.95. The number of methoxy groups -OCH3 is 2. The third-order valence-electron chi connectivity index (χ3n) is 3.53. The van der Waals surface area contributed by atoms with E-state index < -0.39 is 20.5 Å². The first kappa shape index (κ1) is 20.1. The van der Waals surface area contributed by atoms with Gasteiger partial charge < -0.3 is 9.47 Å². The molecule has 0 N–H and O–H groups in total. The zero-order valence-electron chi connectivity index (χ0n) is 14.0. The van der Waals surface area contributed by atoms with Crippen LogP contribution in [0.5, 0.6) is 11.5 Å². The van der Waals surface area contributed by atoms with Crippen molar-refractivity contribution < 1.29 is 17.9 Å². The van der Waals surface area contributed by atoms with Crippen molar-refractivity contribution in [3.05, 3.63) is 62.5 Å². The fraction of sp³-hybridized carbons (Fsp3) is 0.167. The van der Waals surface area contributed by atoms with Crippen LogP contribution in [0.1, 0.15) is 11.1 Å². The molecule has 2 aromatic rings. The first-order chi connectivity index (χ1) is 12.3. The first-order valence-corrected chi connectivity index (χ1v) is 9.72. The average Bonchev–Trinajstić information content (AvgIpc) is 2.61. The fourth-order valence-corrected chi connectivity index (χ4v) is 4.01. The van der Waals surface area contributed by atoms with Crippen LogP contribution < -0.4 is 9.47 Å². The lowest BCUT2D eigenvalue weighted by molar-refractivity contribution is 0.394. The van der Waals surface area contributed by atoms with Crippen molar-refractivity contribution in [3.8, 4) is 17.6 Å². The van der Waals surface area contributed by atoms with Gasteiger partial charge in [-0.15, -0.1) is 0 Å². The molecule has 26 heavy (non-hydrogen) atoms. The van der Waals surface area contributed by atoms with E-state index in [1.807, 2.05) is 0 Å². The minimum Gasteiger partial charge on any atom is -0.497 e. The molecule has 2 aromatic carbocycles. The lowest BCUT2D eigenvalue weighted by Gasteiger charge is -2.09. The van der Waals surface area contributed by atoms with Gasteiger partial charge in [0.2, 0.25) is 0 Å². The van der Waals surface area contributed by atoms with Crippen molar-refractivity contribution in [2.45, 2.75) is 5.75 Å². The van der Waals surface area contributed by atoms with E-state index in [4.69, 9.17) is 32.7 Å². The highest BCUT2D eigenvalue weighted by Crippen LogP contribution is 2.29. The Balaban J connectivity index is 2.43. The zero-order valence-corrected chi connectivity index (χ0v) is 16.3. The quantitative estimate of drug-likeness (QED) is 0.654. The molecule has 0 saturated carbocycles. The van der Waals surface area contributed by atoms with Crippen molar-refractivity contribution in [2.24, 2.45) is 0 Å². The summed E-state index contributed by atoms with van der Waals surface area (Å²) >= 11 is 11.9. The van der Waals surface area contributed by atoms with Crippen LogP contribution in [0, 0.1) is 11.3 Å². The number of rotatable bonds is 6. The van der Waals surface area contributed by atoms with Gasteiger partial charge in [-0.05, 0) is 35.9 Å². The SMILES string of the molecule is COc1ccc(/C=C(/C#N)S(=O)(=O)Cc2ccc(Cl)cc2Cl)c(OC)c1. The Kier molecular flexibility index (Phi) is 6.54. The van der Waals surface area contributed by atoms with E-state index in [1.54, 1.807) is 30.3 Å². The van der Waals surface area contributed by atoms with Crippen molar-refractivity contribution >= 4 is 39.1 Å². The van der Waals surface area contributed by atoms with Crippen LogP contribution in [-0.4, -0.2) is 22.6 Å².